The number of hydrogen-bond acceptors (Lipinski definition) is 4. The van der Waals surface area contributed by atoms with E-state index in [1.54, 1.807) is 0 Å². The molecule has 1 atom stereocenters. The molecule has 1 heterocycles. The average molecular weight is 210 g/mol. The second-order valence-corrected chi connectivity index (χ2v) is 4.10. The van der Waals surface area contributed by atoms with Gasteiger partial charge in [0.05, 0.1) is 6.33 Å². The second kappa shape index (κ2) is 4.82. The molecule has 5 nitrogen and oxygen atoms in total. The monoisotopic (exact) mass is 210 g/mol. The molecule has 1 aromatic heterocycles. The average Bonchev–Trinajstić information content (AvgIpc) is 2.19. The summed E-state index contributed by atoms with van der Waals surface area (Å²) >= 11 is 0. The first-order valence-electron chi connectivity index (χ1n) is 5.09. The predicted molar refractivity (Wildman–Crippen MR) is 61.8 cm³/mol. The third kappa shape index (κ3) is 2.97. The first-order valence-corrected chi connectivity index (χ1v) is 5.09. The minimum atomic E-state index is -0.301. The Morgan fingerprint density at radius 1 is 1.53 bits per heavy atom. The highest BCUT2D eigenvalue weighted by Gasteiger charge is 2.09. The Balaban J connectivity index is 2.66. The zero-order chi connectivity index (χ0) is 11.4. The molecule has 1 aromatic rings. The third-order valence-corrected chi connectivity index (χ3v) is 2.62. The number of nitrogens with one attached hydrogen (secondary N) is 2. The van der Waals surface area contributed by atoms with Crippen LogP contribution in [0.4, 0.5) is 11.5 Å². The van der Waals surface area contributed by atoms with Gasteiger partial charge in [-0.15, -0.1) is 0 Å². The molecule has 0 aliphatic heterocycles. The summed E-state index contributed by atoms with van der Waals surface area (Å²) in [4.78, 5) is 17.6. The van der Waals surface area contributed by atoms with Crippen LogP contribution in [-0.2, 0) is 0 Å². The molecule has 5 heteroatoms. The fourth-order valence-corrected chi connectivity index (χ4v) is 1.04. The van der Waals surface area contributed by atoms with E-state index < -0.39 is 0 Å². The maximum Gasteiger partial charge on any atom is 0.276 e. The predicted octanol–water partition coefficient (Wildman–Crippen LogP) is 1.06. The second-order valence-electron chi connectivity index (χ2n) is 4.10. The highest BCUT2D eigenvalue weighted by atomic mass is 16.1. The molecule has 4 N–H and O–H groups in total. The minimum absolute atomic E-state index is 0.147. The fraction of sp³-hybridized carbons (Fsp3) is 0.600. The van der Waals surface area contributed by atoms with Gasteiger partial charge in [0.2, 0.25) is 0 Å². The summed E-state index contributed by atoms with van der Waals surface area (Å²) in [5, 5.41) is 3.08. The van der Waals surface area contributed by atoms with Crippen molar-refractivity contribution >= 4 is 11.5 Å². The van der Waals surface area contributed by atoms with Crippen LogP contribution in [0.1, 0.15) is 20.8 Å². The molecule has 0 aliphatic rings. The lowest BCUT2D eigenvalue weighted by Gasteiger charge is -2.16. The molecule has 15 heavy (non-hydrogen) atoms. The van der Waals surface area contributed by atoms with Gasteiger partial charge in [0.1, 0.15) is 5.69 Å². The number of rotatable bonds is 4. The quantitative estimate of drug-likeness (QED) is 0.693. The van der Waals surface area contributed by atoms with Gasteiger partial charge < -0.3 is 16.0 Å². The van der Waals surface area contributed by atoms with E-state index >= 15 is 0 Å². The lowest BCUT2D eigenvalue weighted by molar-refractivity contribution is 0.439. The molecule has 84 valence electrons. The zero-order valence-electron chi connectivity index (χ0n) is 9.37. The summed E-state index contributed by atoms with van der Waals surface area (Å²) in [6.45, 7) is 7.21. The van der Waals surface area contributed by atoms with Gasteiger partial charge in [-0.05, 0) is 11.8 Å². The van der Waals surface area contributed by atoms with Crippen molar-refractivity contribution in [3.05, 3.63) is 16.7 Å². The molecule has 0 saturated carbocycles. The van der Waals surface area contributed by atoms with Crippen LogP contribution in [0.25, 0.3) is 0 Å². The van der Waals surface area contributed by atoms with Crippen molar-refractivity contribution in [1.82, 2.24) is 9.97 Å². The van der Waals surface area contributed by atoms with Crippen LogP contribution in [0.2, 0.25) is 0 Å². The first kappa shape index (κ1) is 11.6. The molecule has 0 aliphatic carbocycles. The van der Waals surface area contributed by atoms with Gasteiger partial charge in [-0.3, -0.25) is 4.79 Å². The van der Waals surface area contributed by atoms with Crippen molar-refractivity contribution in [2.24, 2.45) is 11.8 Å². The van der Waals surface area contributed by atoms with Crippen molar-refractivity contribution in [3.8, 4) is 0 Å². The van der Waals surface area contributed by atoms with Crippen LogP contribution < -0.4 is 16.6 Å². The Bertz CT molecular complexity index is 372. The summed E-state index contributed by atoms with van der Waals surface area (Å²) in [5.41, 5.74) is 5.42. The molecule has 1 rings (SSSR count). The number of aromatic nitrogens is 2. The van der Waals surface area contributed by atoms with E-state index in [4.69, 9.17) is 5.73 Å². The first-order chi connectivity index (χ1) is 7.02. The normalized spacial score (nSPS) is 12.8. The molecular formula is C10H18N4O. The molecular weight excluding hydrogens is 192 g/mol. The van der Waals surface area contributed by atoms with Crippen LogP contribution in [0, 0.1) is 11.8 Å². The summed E-state index contributed by atoms with van der Waals surface area (Å²) < 4.78 is 0. The van der Waals surface area contributed by atoms with Crippen molar-refractivity contribution in [3.63, 3.8) is 0 Å². The minimum Gasteiger partial charge on any atom is -0.391 e. The number of H-pyrrole nitrogens is 1. The highest BCUT2D eigenvalue weighted by molar-refractivity contribution is 5.58. The lowest BCUT2D eigenvalue weighted by atomic mass is 9.98. The Morgan fingerprint density at radius 2 is 2.20 bits per heavy atom. The van der Waals surface area contributed by atoms with Gasteiger partial charge in [0, 0.05) is 6.54 Å². The fourth-order valence-electron chi connectivity index (χ4n) is 1.04. The van der Waals surface area contributed by atoms with Crippen LogP contribution in [0.3, 0.4) is 0 Å². The molecule has 0 bridgehead atoms. The van der Waals surface area contributed by atoms with Crippen LogP contribution in [0.5, 0.6) is 0 Å². The smallest absolute Gasteiger partial charge is 0.276 e. The Kier molecular flexibility index (Phi) is 3.71. The lowest BCUT2D eigenvalue weighted by Crippen LogP contribution is -2.21. The number of hydrogen-bond donors (Lipinski definition) is 3. The molecule has 0 radical (unpaired) electrons. The van der Waals surface area contributed by atoms with E-state index in [0.717, 1.165) is 6.54 Å². The van der Waals surface area contributed by atoms with E-state index in [1.165, 1.54) is 6.33 Å². The zero-order valence-corrected chi connectivity index (χ0v) is 9.37. The van der Waals surface area contributed by atoms with Crippen molar-refractivity contribution in [1.29, 1.82) is 0 Å². The standard InChI is InChI=1S/C10H18N4O/c1-6(2)7(3)4-12-9-8(11)10(15)14-5-13-9/h5-7H,4,11H2,1-3H3,(H2,12,13,14,15). The number of aromatic amines is 1. The molecule has 0 aromatic carbocycles. The van der Waals surface area contributed by atoms with Crippen LogP contribution in [0.15, 0.2) is 11.1 Å². The maximum atomic E-state index is 11.2. The van der Waals surface area contributed by atoms with E-state index in [0.29, 0.717) is 17.7 Å². The Labute approximate surface area is 89.1 Å². The van der Waals surface area contributed by atoms with Crippen LogP contribution in [-0.4, -0.2) is 16.5 Å². The molecule has 0 fully saturated rings. The van der Waals surface area contributed by atoms with Gasteiger partial charge >= 0.3 is 0 Å². The van der Waals surface area contributed by atoms with Gasteiger partial charge in [-0.2, -0.15) is 0 Å². The third-order valence-electron chi connectivity index (χ3n) is 2.62. The largest absolute Gasteiger partial charge is 0.391 e. The maximum absolute atomic E-state index is 11.2. The van der Waals surface area contributed by atoms with E-state index in [2.05, 4.69) is 36.1 Å². The number of nitrogens with two attached hydrogens (primary N) is 1. The number of anilines is 2. The van der Waals surface area contributed by atoms with Crippen molar-refractivity contribution < 1.29 is 0 Å². The van der Waals surface area contributed by atoms with Gasteiger partial charge in [-0.25, -0.2) is 4.98 Å². The number of nitrogens with zero attached hydrogens (tertiary/aromatic N) is 1. The Hall–Kier alpha value is -1.52. The van der Waals surface area contributed by atoms with E-state index in [9.17, 15) is 4.79 Å². The molecule has 0 saturated heterocycles. The van der Waals surface area contributed by atoms with E-state index in [-0.39, 0.29) is 11.2 Å². The SMILES string of the molecule is CC(C)C(C)CNc1nc[nH]c(=O)c1N. The molecule has 1 unspecified atom stereocenters. The van der Waals surface area contributed by atoms with Crippen molar-refractivity contribution in [2.45, 2.75) is 20.8 Å². The summed E-state index contributed by atoms with van der Waals surface area (Å²) in [5.74, 6) is 1.55. The van der Waals surface area contributed by atoms with Gasteiger partial charge in [0.15, 0.2) is 5.82 Å². The van der Waals surface area contributed by atoms with Gasteiger partial charge in [0.25, 0.3) is 5.56 Å². The molecule has 0 spiro atoms. The summed E-state index contributed by atoms with van der Waals surface area (Å²) in [7, 11) is 0. The topological polar surface area (TPSA) is 83.8 Å². The van der Waals surface area contributed by atoms with Crippen molar-refractivity contribution in [2.75, 3.05) is 17.6 Å². The highest BCUT2D eigenvalue weighted by Crippen LogP contribution is 2.12. The van der Waals surface area contributed by atoms with Gasteiger partial charge in [-0.1, -0.05) is 20.8 Å². The summed E-state index contributed by atoms with van der Waals surface area (Å²) in [6.07, 6.45) is 1.35. The van der Waals surface area contributed by atoms with E-state index in [1.807, 2.05) is 0 Å². The van der Waals surface area contributed by atoms with Crippen LogP contribution >= 0.6 is 0 Å². The Morgan fingerprint density at radius 3 is 2.80 bits per heavy atom. The molecule has 0 amide bonds. The summed E-state index contributed by atoms with van der Waals surface area (Å²) in [6, 6.07) is 0. The number of nitrogen functional groups attached to an aromatic ring is 1.